The third-order valence-corrected chi connectivity index (χ3v) is 4.04. The molecule has 0 aliphatic carbocycles. The number of aryl methyl sites for hydroxylation is 2. The van der Waals surface area contributed by atoms with Crippen LogP contribution in [0, 0.1) is 6.92 Å². The molecule has 2 aromatic carbocycles. The lowest BCUT2D eigenvalue weighted by Gasteiger charge is -2.10. The minimum atomic E-state index is 1.20. The van der Waals surface area contributed by atoms with Crippen LogP contribution in [-0.4, -0.2) is 9.13 Å². The third kappa shape index (κ3) is 1.39. The van der Waals surface area contributed by atoms with Crippen LogP contribution in [0.15, 0.2) is 60.8 Å². The number of rotatable bonds is 1. The maximum atomic E-state index is 2.36. The van der Waals surface area contributed by atoms with Crippen LogP contribution in [0.2, 0.25) is 0 Å². The standard InChI is InChI=1S/C18H16N2/c1-13-7-5-9-15-14-8-3-4-10-16(14)20(18(13)15)17-11-6-12-19(17)2/h3-12H,1-2H3. The molecular weight excluding hydrogens is 244 g/mol. The van der Waals surface area contributed by atoms with E-state index in [0.29, 0.717) is 0 Å². The Bertz CT molecular complexity index is 925. The zero-order valence-electron chi connectivity index (χ0n) is 11.7. The van der Waals surface area contributed by atoms with Crippen LogP contribution < -0.4 is 0 Å². The van der Waals surface area contributed by atoms with Gasteiger partial charge in [0.05, 0.1) is 11.0 Å². The molecule has 0 N–H and O–H groups in total. The first-order valence-electron chi connectivity index (χ1n) is 6.88. The lowest BCUT2D eigenvalue weighted by Crippen LogP contribution is -2.01. The van der Waals surface area contributed by atoms with Crippen molar-refractivity contribution in [1.29, 1.82) is 0 Å². The molecule has 98 valence electrons. The molecule has 0 bridgehead atoms. The van der Waals surface area contributed by atoms with Crippen LogP contribution >= 0.6 is 0 Å². The van der Waals surface area contributed by atoms with Gasteiger partial charge in [-0.15, -0.1) is 0 Å². The summed E-state index contributed by atoms with van der Waals surface area (Å²) in [4.78, 5) is 0. The Morgan fingerprint density at radius 2 is 1.60 bits per heavy atom. The molecule has 0 fully saturated rings. The van der Waals surface area contributed by atoms with Gasteiger partial charge in [0.15, 0.2) is 0 Å². The maximum Gasteiger partial charge on any atom is 0.117 e. The highest BCUT2D eigenvalue weighted by Gasteiger charge is 2.14. The van der Waals surface area contributed by atoms with Crippen molar-refractivity contribution in [3.8, 4) is 5.82 Å². The Hall–Kier alpha value is -2.48. The van der Waals surface area contributed by atoms with Crippen LogP contribution in [0.5, 0.6) is 0 Å². The molecule has 20 heavy (non-hydrogen) atoms. The van der Waals surface area contributed by atoms with E-state index in [2.05, 4.69) is 83.9 Å². The summed E-state index contributed by atoms with van der Waals surface area (Å²) < 4.78 is 4.53. The Balaban J connectivity index is 2.30. The van der Waals surface area contributed by atoms with E-state index in [4.69, 9.17) is 0 Å². The van der Waals surface area contributed by atoms with E-state index < -0.39 is 0 Å². The van der Waals surface area contributed by atoms with E-state index in [1.807, 2.05) is 0 Å². The van der Waals surface area contributed by atoms with Crippen molar-refractivity contribution in [2.75, 3.05) is 0 Å². The second kappa shape index (κ2) is 4.01. The summed E-state index contributed by atoms with van der Waals surface area (Å²) in [5.74, 6) is 1.20. The molecule has 4 rings (SSSR count). The summed E-state index contributed by atoms with van der Waals surface area (Å²) in [5.41, 5.74) is 3.87. The molecular formula is C18H16N2. The van der Waals surface area contributed by atoms with E-state index in [0.717, 1.165) is 0 Å². The summed E-state index contributed by atoms with van der Waals surface area (Å²) >= 11 is 0. The van der Waals surface area contributed by atoms with E-state index in [9.17, 15) is 0 Å². The molecule has 2 aromatic heterocycles. The number of fused-ring (bicyclic) bond motifs is 3. The quantitative estimate of drug-likeness (QED) is 0.479. The van der Waals surface area contributed by atoms with Crippen molar-refractivity contribution in [1.82, 2.24) is 9.13 Å². The fraction of sp³-hybridized carbons (Fsp3) is 0.111. The third-order valence-electron chi connectivity index (χ3n) is 4.04. The highest BCUT2D eigenvalue weighted by atomic mass is 15.1. The van der Waals surface area contributed by atoms with E-state index in [1.54, 1.807) is 0 Å². The maximum absolute atomic E-state index is 2.36. The summed E-state index contributed by atoms with van der Waals surface area (Å²) in [7, 11) is 2.09. The normalized spacial score (nSPS) is 11.5. The van der Waals surface area contributed by atoms with Gasteiger partial charge in [-0.05, 0) is 30.7 Å². The summed E-state index contributed by atoms with van der Waals surface area (Å²) in [6.45, 7) is 2.18. The molecule has 0 radical (unpaired) electrons. The van der Waals surface area contributed by atoms with Crippen molar-refractivity contribution in [2.45, 2.75) is 6.92 Å². The van der Waals surface area contributed by atoms with Crippen molar-refractivity contribution < 1.29 is 0 Å². The number of hydrogen-bond acceptors (Lipinski definition) is 0. The fourth-order valence-corrected chi connectivity index (χ4v) is 3.11. The predicted molar refractivity (Wildman–Crippen MR) is 84.5 cm³/mol. The molecule has 0 aliphatic rings. The first-order valence-corrected chi connectivity index (χ1v) is 6.88. The van der Waals surface area contributed by atoms with Gasteiger partial charge in [0.2, 0.25) is 0 Å². The molecule has 0 spiro atoms. The molecule has 0 atom stereocenters. The monoisotopic (exact) mass is 260 g/mol. The Labute approximate surface area is 117 Å². The van der Waals surface area contributed by atoms with Gasteiger partial charge in [0, 0.05) is 24.0 Å². The highest BCUT2D eigenvalue weighted by molar-refractivity contribution is 6.10. The molecule has 0 saturated heterocycles. The van der Waals surface area contributed by atoms with Crippen LogP contribution in [-0.2, 0) is 7.05 Å². The second-order valence-electron chi connectivity index (χ2n) is 5.30. The van der Waals surface area contributed by atoms with Crippen LogP contribution in [0.1, 0.15) is 5.56 Å². The molecule has 2 heterocycles. The van der Waals surface area contributed by atoms with Gasteiger partial charge in [0.1, 0.15) is 5.82 Å². The molecule has 0 unspecified atom stereocenters. The number of benzene rings is 2. The van der Waals surface area contributed by atoms with Gasteiger partial charge in [-0.2, -0.15) is 0 Å². The summed E-state index contributed by atoms with van der Waals surface area (Å²) in [6.07, 6.45) is 2.09. The van der Waals surface area contributed by atoms with E-state index in [-0.39, 0.29) is 0 Å². The van der Waals surface area contributed by atoms with Gasteiger partial charge in [0.25, 0.3) is 0 Å². The van der Waals surface area contributed by atoms with Crippen LogP contribution in [0.3, 0.4) is 0 Å². The van der Waals surface area contributed by atoms with Gasteiger partial charge >= 0.3 is 0 Å². The Kier molecular flexibility index (Phi) is 2.27. The number of hydrogen-bond donors (Lipinski definition) is 0. The van der Waals surface area contributed by atoms with Crippen molar-refractivity contribution >= 4 is 21.8 Å². The summed E-state index contributed by atoms with van der Waals surface area (Å²) in [6, 6.07) is 19.4. The van der Waals surface area contributed by atoms with Gasteiger partial charge < -0.3 is 4.57 Å². The van der Waals surface area contributed by atoms with E-state index >= 15 is 0 Å². The molecule has 0 amide bonds. The van der Waals surface area contributed by atoms with Gasteiger partial charge in [-0.3, -0.25) is 4.57 Å². The molecule has 2 nitrogen and oxygen atoms in total. The topological polar surface area (TPSA) is 9.86 Å². The average Bonchev–Trinajstić information content (AvgIpc) is 3.01. The molecule has 4 aromatic rings. The lowest BCUT2D eigenvalue weighted by atomic mass is 10.1. The van der Waals surface area contributed by atoms with E-state index in [1.165, 1.54) is 33.2 Å². The second-order valence-corrected chi connectivity index (χ2v) is 5.30. The largest absolute Gasteiger partial charge is 0.337 e. The zero-order valence-corrected chi connectivity index (χ0v) is 11.7. The first kappa shape index (κ1) is 11.4. The van der Waals surface area contributed by atoms with Crippen LogP contribution in [0.4, 0.5) is 0 Å². The first-order chi connectivity index (χ1) is 9.77. The SMILES string of the molecule is Cc1cccc2c3ccccc3n(-c3cccn3C)c12. The zero-order chi connectivity index (χ0) is 13.7. The average molecular weight is 260 g/mol. The molecule has 2 heteroatoms. The lowest BCUT2D eigenvalue weighted by molar-refractivity contribution is 0.869. The minimum Gasteiger partial charge on any atom is -0.337 e. The number of para-hydroxylation sites is 2. The number of nitrogens with zero attached hydrogens (tertiary/aromatic N) is 2. The highest BCUT2D eigenvalue weighted by Crippen LogP contribution is 2.33. The smallest absolute Gasteiger partial charge is 0.117 e. The molecule has 0 saturated carbocycles. The van der Waals surface area contributed by atoms with Crippen LogP contribution in [0.25, 0.3) is 27.6 Å². The van der Waals surface area contributed by atoms with Crippen molar-refractivity contribution in [3.05, 3.63) is 66.4 Å². The van der Waals surface area contributed by atoms with Gasteiger partial charge in [-0.25, -0.2) is 0 Å². The van der Waals surface area contributed by atoms with Crippen molar-refractivity contribution in [3.63, 3.8) is 0 Å². The molecule has 0 aliphatic heterocycles. The Morgan fingerprint density at radius 1 is 0.800 bits per heavy atom. The fourth-order valence-electron chi connectivity index (χ4n) is 3.11. The summed E-state index contributed by atoms with van der Waals surface area (Å²) in [5, 5.41) is 2.63. The predicted octanol–water partition coefficient (Wildman–Crippen LogP) is 4.43. The van der Waals surface area contributed by atoms with Crippen molar-refractivity contribution in [2.24, 2.45) is 7.05 Å². The minimum absolute atomic E-state index is 1.20. The number of aromatic nitrogens is 2. The van der Waals surface area contributed by atoms with Gasteiger partial charge in [-0.1, -0.05) is 36.4 Å². The Morgan fingerprint density at radius 3 is 2.40 bits per heavy atom.